The first-order valence-electron chi connectivity index (χ1n) is 9.74. The molecule has 3 aromatic carbocycles. The molecule has 0 bridgehead atoms. The van der Waals surface area contributed by atoms with Crippen molar-refractivity contribution in [2.24, 2.45) is 0 Å². The predicted octanol–water partition coefficient (Wildman–Crippen LogP) is 4.84. The number of hydrogen-bond acceptors (Lipinski definition) is 4. The van der Waals surface area contributed by atoms with Crippen molar-refractivity contribution >= 4 is 5.97 Å². The van der Waals surface area contributed by atoms with Gasteiger partial charge < -0.3 is 19.7 Å². The van der Waals surface area contributed by atoms with E-state index in [0.29, 0.717) is 23.7 Å². The number of aliphatic hydroxyl groups excluding tert-OH is 1. The lowest BCUT2D eigenvalue weighted by atomic mass is 9.92. The van der Waals surface area contributed by atoms with Gasteiger partial charge in [-0.15, -0.1) is 0 Å². The summed E-state index contributed by atoms with van der Waals surface area (Å²) in [7, 11) is 0. The quantitative estimate of drug-likeness (QED) is 0.560. The molecular weight excluding hydrogens is 380 g/mol. The van der Waals surface area contributed by atoms with Crippen molar-refractivity contribution in [2.45, 2.75) is 39.1 Å². The van der Waals surface area contributed by atoms with Crippen LogP contribution in [-0.4, -0.2) is 21.8 Å². The molecule has 5 heteroatoms. The lowest BCUT2D eigenvalue weighted by Gasteiger charge is -2.31. The molecule has 3 rings (SSSR count). The average Bonchev–Trinajstić information content (AvgIpc) is 2.75. The van der Waals surface area contributed by atoms with E-state index in [4.69, 9.17) is 9.47 Å². The minimum Gasteiger partial charge on any atom is -0.489 e. The summed E-state index contributed by atoms with van der Waals surface area (Å²) < 4.78 is 11.5. The molecule has 0 aromatic heterocycles. The summed E-state index contributed by atoms with van der Waals surface area (Å²) in [5.41, 5.74) is 1.67. The summed E-state index contributed by atoms with van der Waals surface area (Å²) in [5.74, 6) is -0.232. The molecule has 0 aliphatic heterocycles. The smallest absolute Gasteiger partial charge is 0.350 e. The monoisotopic (exact) mass is 406 g/mol. The molecule has 5 nitrogen and oxygen atoms in total. The lowest BCUT2D eigenvalue weighted by Crippen LogP contribution is -2.47. The zero-order chi connectivity index (χ0) is 21.7. The van der Waals surface area contributed by atoms with Gasteiger partial charge in [-0.2, -0.15) is 0 Å². The topological polar surface area (TPSA) is 76.0 Å². The normalized spacial score (nSPS) is 13.9. The average molecular weight is 406 g/mol. The maximum Gasteiger partial charge on any atom is 0.350 e. The standard InChI is InChI=1S/C25H26O5/c1-17-9-12-22(15-18(17)2)30-25(3,24(27)28)23(26)20-10-13-21(14-11-20)29-16-19-7-5-4-6-8-19/h4-15,23,26H,16H2,1-3H3,(H,27,28). The second kappa shape index (κ2) is 9.01. The number of benzene rings is 3. The SMILES string of the molecule is Cc1ccc(OC(C)(C(=O)O)C(O)c2ccc(OCc3ccccc3)cc2)cc1C. The van der Waals surface area contributed by atoms with Crippen LogP contribution in [0, 0.1) is 13.8 Å². The maximum atomic E-state index is 12.0. The number of carboxylic acid groups (broad SMARTS) is 1. The molecule has 0 heterocycles. The molecule has 0 radical (unpaired) electrons. The van der Waals surface area contributed by atoms with Crippen molar-refractivity contribution in [1.82, 2.24) is 0 Å². The van der Waals surface area contributed by atoms with Crippen LogP contribution in [0.25, 0.3) is 0 Å². The number of carbonyl (C=O) groups is 1. The van der Waals surface area contributed by atoms with E-state index in [0.717, 1.165) is 16.7 Å². The van der Waals surface area contributed by atoms with Crippen LogP contribution >= 0.6 is 0 Å². The van der Waals surface area contributed by atoms with Gasteiger partial charge in [0.15, 0.2) is 0 Å². The number of rotatable bonds is 8. The fraction of sp³-hybridized carbons (Fsp3) is 0.240. The van der Waals surface area contributed by atoms with E-state index in [-0.39, 0.29) is 0 Å². The van der Waals surface area contributed by atoms with Crippen LogP contribution in [0.3, 0.4) is 0 Å². The van der Waals surface area contributed by atoms with E-state index < -0.39 is 17.7 Å². The summed E-state index contributed by atoms with van der Waals surface area (Å²) >= 11 is 0. The number of ether oxygens (including phenoxy) is 2. The van der Waals surface area contributed by atoms with Gasteiger partial charge in [-0.25, -0.2) is 4.79 Å². The van der Waals surface area contributed by atoms with E-state index >= 15 is 0 Å². The Kier molecular flexibility index (Phi) is 6.43. The first kappa shape index (κ1) is 21.4. The van der Waals surface area contributed by atoms with Crippen molar-refractivity contribution in [1.29, 1.82) is 0 Å². The van der Waals surface area contributed by atoms with Crippen LogP contribution in [0.15, 0.2) is 72.8 Å². The molecule has 2 unspecified atom stereocenters. The van der Waals surface area contributed by atoms with Gasteiger partial charge in [0.2, 0.25) is 5.60 Å². The van der Waals surface area contributed by atoms with Gasteiger partial charge >= 0.3 is 5.97 Å². The van der Waals surface area contributed by atoms with Crippen LogP contribution in [0.5, 0.6) is 11.5 Å². The van der Waals surface area contributed by atoms with Gasteiger partial charge in [0.05, 0.1) is 0 Å². The number of aliphatic carboxylic acids is 1. The minimum atomic E-state index is -1.85. The fourth-order valence-corrected chi connectivity index (χ4v) is 3.04. The molecule has 0 fully saturated rings. The van der Waals surface area contributed by atoms with Gasteiger partial charge in [-0.3, -0.25) is 0 Å². The zero-order valence-electron chi connectivity index (χ0n) is 17.3. The first-order valence-corrected chi connectivity index (χ1v) is 9.74. The zero-order valence-corrected chi connectivity index (χ0v) is 17.3. The Balaban J connectivity index is 1.75. The fourth-order valence-electron chi connectivity index (χ4n) is 3.04. The summed E-state index contributed by atoms with van der Waals surface area (Å²) in [4.78, 5) is 12.0. The Morgan fingerprint density at radius 3 is 2.17 bits per heavy atom. The van der Waals surface area contributed by atoms with Crippen molar-refractivity contribution < 1.29 is 24.5 Å². The molecule has 3 aromatic rings. The van der Waals surface area contributed by atoms with Crippen molar-refractivity contribution in [3.63, 3.8) is 0 Å². The Morgan fingerprint density at radius 2 is 1.57 bits per heavy atom. The van der Waals surface area contributed by atoms with E-state index in [1.807, 2.05) is 50.2 Å². The minimum absolute atomic E-state index is 0.393. The van der Waals surface area contributed by atoms with Crippen LogP contribution in [-0.2, 0) is 11.4 Å². The Bertz CT molecular complexity index is 998. The van der Waals surface area contributed by atoms with Gasteiger partial charge in [-0.05, 0) is 67.3 Å². The molecule has 0 aliphatic rings. The Labute approximate surface area is 176 Å². The second-order valence-corrected chi connectivity index (χ2v) is 7.51. The highest BCUT2D eigenvalue weighted by Crippen LogP contribution is 2.33. The third-order valence-corrected chi connectivity index (χ3v) is 5.20. The molecule has 0 amide bonds. The molecule has 30 heavy (non-hydrogen) atoms. The van der Waals surface area contributed by atoms with E-state index in [2.05, 4.69) is 0 Å². The van der Waals surface area contributed by atoms with E-state index in [1.54, 1.807) is 36.4 Å². The van der Waals surface area contributed by atoms with Gasteiger partial charge in [0.25, 0.3) is 0 Å². The molecule has 0 spiro atoms. The van der Waals surface area contributed by atoms with E-state index in [9.17, 15) is 15.0 Å². The number of hydrogen-bond donors (Lipinski definition) is 2. The summed E-state index contributed by atoms with van der Waals surface area (Å²) in [5, 5.41) is 20.7. The Morgan fingerprint density at radius 1 is 0.933 bits per heavy atom. The molecule has 0 aliphatic carbocycles. The molecule has 0 saturated heterocycles. The highest BCUT2D eigenvalue weighted by Gasteiger charge is 2.44. The van der Waals surface area contributed by atoms with Crippen molar-refractivity contribution in [3.05, 3.63) is 95.1 Å². The third-order valence-electron chi connectivity index (χ3n) is 5.20. The van der Waals surface area contributed by atoms with Gasteiger partial charge in [0, 0.05) is 0 Å². The molecular formula is C25H26O5. The number of aryl methyl sites for hydroxylation is 2. The van der Waals surface area contributed by atoms with Crippen LogP contribution in [0.4, 0.5) is 0 Å². The molecule has 2 N–H and O–H groups in total. The third kappa shape index (κ3) is 4.81. The van der Waals surface area contributed by atoms with E-state index in [1.165, 1.54) is 6.92 Å². The highest BCUT2D eigenvalue weighted by atomic mass is 16.5. The molecule has 2 atom stereocenters. The van der Waals surface area contributed by atoms with Gasteiger partial charge in [-0.1, -0.05) is 48.5 Å². The largest absolute Gasteiger partial charge is 0.489 e. The van der Waals surface area contributed by atoms with Gasteiger partial charge in [0.1, 0.15) is 24.2 Å². The predicted molar refractivity (Wildman–Crippen MR) is 115 cm³/mol. The highest BCUT2D eigenvalue weighted by molar-refractivity contribution is 5.78. The number of aliphatic hydroxyl groups is 1. The van der Waals surface area contributed by atoms with Crippen LogP contribution in [0.2, 0.25) is 0 Å². The van der Waals surface area contributed by atoms with Crippen LogP contribution < -0.4 is 9.47 Å². The molecule has 0 saturated carbocycles. The van der Waals surface area contributed by atoms with Crippen molar-refractivity contribution in [3.8, 4) is 11.5 Å². The lowest BCUT2D eigenvalue weighted by molar-refractivity contribution is -0.164. The van der Waals surface area contributed by atoms with Crippen molar-refractivity contribution in [2.75, 3.05) is 0 Å². The van der Waals surface area contributed by atoms with Crippen LogP contribution in [0.1, 0.15) is 35.3 Å². The second-order valence-electron chi connectivity index (χ2n) is 7.51. The Hall–Kier alpha value is -3.31. The molecule has 156 valence electrons. The summed E-state index contributed by atoms with van der Waals surface area (Å²) in [6.07, 6.45) is -1.38. The summed E-state index contributed by atoms with van der Waals surface area (Å²) in [6, 6.07) is 21.8. The first-order chi connectivity index (χ1) is 14.3. The summed E-state index contributed by atoms with van der Waals surface area (Å²) in [6.45, 7) is 5.68. The number of carboxylic acids is 1. The maximum absolute atomic E-state index is 12.0.